The molecule has 0 saturated carbocycles. The minimum Gasteiger partial charge on any atom is -0.455 e. The van der Waals surface area contributed by atoms with Gasteiger partial charge in [-0.05, 0) is 63.2 Å². The van der Waals surface area contributed by atoms with E-state index in [0.717, 1.165) is 67.0 Å². The number of fused-ring (bicyclic) bond motifs is 5. The van der Waals surface area contributed by atoms with Crippen molar-refractivity contribution in [3.8, 4) is 39.3 Å². The van der Waals surface area contributed by atoms with Crippen LogP contribution in [0.5, 0.6) is 0 Å². The van der Waals surface area contributed by atoms with E-state index in [1.165, 1.54) is 32.1 Å². The van der Waals surface area contributed by atoms with Crippen LogP contribution >= 0.6 is 0 Å². The van der Waals surface area contributed by atoms with E-state index in [1.54, 1.807) is 0 Å². The Kier molecular flexibility index (Phi) is 8.47. The molecule has 292 valence electrons. The molecule has 1 aliphatic rings. The molecule has 0 radical (unpaired) electrons. The van der Waals surface area contributed by atoms with Crippen molar-refractivity contribution in [1.29, 1.82) is 0 Å². The highest BCUT2D eigenvalue weighted by molar-refractivity contribution is 7.21. The van der Waals surface area contributed by atoms with Crippen LogP contribution in [0.4, 0.5) is 17.1 Å². The fraction of sp³-hybridized carbons (Fsp3) is 0. The molecule has 0 saturated heterocycles. The number of anilines is 3. The van der Waals surface area contributed by atoms with Crippen molar-refractivity contribution < 1.29 is 4.42 Å². The van der Waals surface area contributed by atoms with Gasteiger partial charge in [-0.2, -0.15) is 5.10 Å². The molecule has 4 nitrogen and oxygen atoms in total. The van der Waals surface area contributed by atoms with Gasteiger partial charge in [-0.3, -0.25) is 0 Å². The summed E-state index contributed by atoms with van der Waals surface area (Å²) in [6, 6.07) is 85.3. The molecule has 0 aliphatic carbocycles. The van der Waals surface area contributed by atoms with E-state index in [4.69, 9.17) is 9.52 Å². The van der Waals surface area contributed by atoms with Gasteiger partial charge in [-0.1, -0.05) is 194 Å². The molecule has 0 spiro atoms. The zero-order chi connectivity index (χ0) is 41.0. The molecule has 0 unspecified atom stereocenters. The summed E-state index contributed by atoms with van der Waals surface area (Å²) in [5.74, 6) is 0. The van der Waals surface area contributed by atoms with E-state index in [0.29, 0.717) is 0 Å². The summed E-state index contributed by atoms with van der Waals surface area (Å²) in [7, 11) is -2.83. The summed E-state index contributed by atoms with van der Waals surface area (Å²) in [5.41, 5.74) is 12.0. The maximum atomic E-state index is 7.02. The lowest BCUT2D eigenvalue weighted by Crippen LogP contribution is -2.77. The Labute approximate surface area is 361 Å². The first-order chi connectivity index (χ1) is 30.8. The molecule has 2 aromatic heterocycles. The van der Waals surface area contributed by atoms with Gasteiger partial charge in [0.25, 0.3) is 0 Å². The van der Waals surface area contributed by atoms with Gasteiger partial charge in [-0.25, -0.2) is 4.68 Å². The fourth-order valence-corrected chi connectivity index (χ4v) is 15.0. The number of aromatic nitrogens is 2. The number of rotatable bonds is 7. The zero-order valence-corrected chi connectivity index (χ0v) is 34.8. The summed E-state index contributed by atoms with van der Waals surface area (Å²) in [6.07, 6.45) is 0. The molecular formula is C57H39N3OSi. The van der Waals surface area contributed by atoms with Gasteiger partial charge >= 0.3 is 0 Å². The fourth-order valence-electron chi connectivity index (χ4n) is 9.91. The second-order valence-electron chi connectivity index (χ2n) is 15.9. The van der Waals surface area contributed by atoms with Crippen LogP contribution in [0.15, 0.2) is 241 Å². The Bertz CT molecular complexity index is 3310. The molecule has 9 aromatic carbocycles. The summed E-state index contributed by atoms with van der Waals surface area (Å²) in [6.45, 7) is 0. The van der Waals surface area contributed by atoms with Crippen LogP contribution < -0.4 is 25.6 Å². The molecule has 0 bridgehead atoms. The minimum atomic E-state index is -2.83. The summed E-state index contributed by atoms with van der Waals surface area (Å²) >= 11 is 0. The predicted molar refractivity (Wildman–Crippen MR) is 259 cm³/mol. The lowest BCUT2D eigenvalue weighted by Gasteiger charge is -2.45. The molecule has 0 N–H and O–H groups in total. The van der Waals surface area contributed by atoms with Crippen LogP contribution in [0.2, 0.25) is 0 Å². The first kappa shape index (κ1) is 35.9. The highest BCUT2D eigenvalue weighted by atomic mass is 28.3. The Balaban J connectivity index is 1.21. The SMILES string of the molecule is c1ccc(-c2nn(-c3ccccc3)c(-c3ccccc3)c2-c2cc(N3c4ccccc4[Si](c4ccccc4)(c4ccccc4)c4ccccc43)cc3c2oc2ccccc23)cc1. The Morgan fingerprint density at radius 3 is 1.53 bits per heavy atom. The Hall–Kier alpha value is -7.99. The predicted octanol–water partition coefficient (Wildman–Crippen LogP) is 11.9. The van der Waals surface area contributed by atoms with Crippen molar-refractivity contribution in [3.05, 3.63) is 237 Å². The lowest BCUT2D eigenvalue weighted by atomic mass is 9.93. The van der Waals surface area contributed by atoms with Crippen LogP contribution in [0.25, 0.3) is 61.3 Å². The minimum absolute atomic E-state index is 0.827. The normalized spacial score (nSPS) is 12.9. The second kappa shape index (κ2) is 14.6. The third-order valence-corrected chi connectivity index (χ3v) is 17.3. The second-order valence-corrected chi connectivity index (χ2v) is 19.6. The molecule has 12 rings (SSSR count). The van der Waals surface area contributed by atoms with E-state index in [9.17, 15) is 0 Å². The molecule has 11 aromatic rings. The standard InChI is InChI=1S/C57H39N3OSi/c1-6-22-40(23-7-1)55-54(56(41-24-8-2-9-25-41)60(58-55)42-26-10-3-11-27-42)48-39-43(38-47-46-32-16-19-35-51(46)61-57(47)48)59-49-33-17-20-36-52(49)62(44-28-12-4-13-29-44,45-30-14-5-15-31-45)53-37-21-18-34-50(53)59/h1-39H. The quantitative estimate of drug-likeness (QED) is 0.150. The van der Waals surface area contributed by atoms with Crippen molar-refractivity contribution in [2.24, 2.45) is 0 Å². The maximum Gasteiger partial charge on any atom is 0.184 e. The molecule has 0 amide bonds. The summed E-state index contributed by atoms with van der Waals surface area (Å²) < 4.78 is 9.13. The maximum absolute atomic E-state index is 7.02. The average molecular weight is 810 g/mol. The van der Waals surface area contributed by atoms with E-state index < -0.39 is 8.07 Å². The first-order valence-corrected chi connectivity index (χ1v) is 23.1. The third kappa shape index (κ3) is 5.49. The van der Waals surface area contributed by atoms with Crippen LogP contribution in [0.3, 0.4) is 0 Å². The van der Waals surface area contributed by atoms with Gasteiger partial charge in [0.15, 0.2) is 8.07 Å². The number of nitrogens with zero attached hydrogens (tertiary/aromatic N) is 3. The highest BCUT2D eigenvalue weighted by Gasteiger charge is 2.48. The van der Waals surface area contributed by atoms with E-state index in [-0.39, 0.29) is 0 Å². The van der Waals surface area contributed by atoms with E-state index in [1.807, 2.05) is 0 Å². The van der Waals surface area contributed by atoms with E-state index >= 15 is 0 Å². The van der Waals surface area contributed by atoms with Gasteiger partial charge in [0.1, 0.15) is 16.9 Å². The highest BCUT2D eigenvalue weighted by Crippen LogP contribution is 2.49. The number of hydrogen-bond donors (Lipinski definition) is 0. The van der Waals surface area contributed by atoms with Gasteiger partial charge in [0, 0.05) is 50.1 Å². The zero-order valence-electron chi connectivity index (χ0n) is 33.8. The smallest absolute Gasteiger partial charge is 0.184 e. The number of hydrogen-bond acceptors (Lipinski definition) is 3. The molecule has 0 atom stereocenters. The van der Waals surface area contributed by atoms with Crippen LogP contribution in [-0.2, 0) is 0 Å². The third-order valence-electron chi connectivity index (χ3n) is 12.5. The van der Waals surface area contributed by atoms with Gasteiger partial charge in [0.05, 0.1) is 11.4 Å². The molecular weight excluding hydrogens is 771 g/mol. The monoisotopic (exact) mass is 809 g/mol. The summed E-state index contributed by atoms with van der Waals surface area (Å²) in [5, 5.41) is 13.1. The topological polar surface area (TPSA) is 34.2 Å². The van der Waals surface area contributed by atoms with E-state index in [2.05, 4.69) is 246 Å². The van der Waals surface area contributed by atoms with Crippen LogP contribution in [0.1, 0.15) is 0 Å². The molecule has 0 fully saturated rings. The summed E-state index contributed by atoms with van der Waals surface area (Å²) in [4.78, 5) is 2.50. The van der Waals surface area contributed by atoms with Crippen LogP contribution in [0, 0.1) is 0 Å². The van der Waals surface area contributed by atoms with Crippen molar-refractivity contribution in [1.82, 2.24) is 9.78 Å². The molecule has 3 heterocycles. The van der Waals surface area contributed by atoms with Crippen molar-refractivity contribution in [2.45, 2.75) is 0 Å². The molecule has 5 heteroatoms. The van der Waals surface area contributed by atoms with Crippen molar-refractivity contribution in [3.63, 3.8) is 0 Å². The molecule has 62 heavy (non-hydrogen) atoms. The van der Waals surface area contributed by atoms with Gasteiger partial charge in [-0.15, -0.1) is 0 Å². The number of para-hydroxylation sites is 4. The Morgan fingerprint density at radius 1 is 0.419 bits per heavy atom. The van der Waals surface area contributed by atoms with Crippen molar-refractivity contribution in [2.75, 3.05) is 4.90 Å². The number of furan rings is 1. The van der Waals surface area contributed by atoms with Gasteiger partial charge < -0.3 is 9.32 Å². The molecule has 1 aliphatic heterocycles. The number of benzene rings is 9. The first-order valence-electron chi connectivity index (χ1n) is 21.1. The average Bonchev–Trinajstić information content (AvgIpc) is 3.94. The van der Waals surface area contributed by atoms with Crippen LogP contribution in [-0.4, -0.2) is 17.9 Å². The van der Waals surface area contributed by atoms with Crippen molar-refractivity contribution >= 4 is 67.8 Å². The van der Waals surface area contributed by atoms with Gasteiger partial charge in [0.2, 0.25) is 0 Å². The Morgan fingerprint density at radius 2 is 0.919 bits per heavy atom. The lowest BCUT2D eigenvalue weighted by molar-refractivity contribution is 0.670. The largest absolute Gasteiger partial charge is 0.455 e.